The van der Waals surface area contributed by atoms with Crippen LogP contribution in [-0.2, 0) is 12.2 Å². The van der Waals surface area contributed by atoms with E-state index in [2.05, 4.69) is 40.2 Å². The Kier molecular flexibility index (Phi) is 6.72. The summed E-state index contributed by atoms with van der Waals surface area (Å²) in [6.45, 7) is 4.05. The van der Waals surface area contributed by atoms with E-state index in [4.69, 9.17) is 14.4 Å². The predicted molar refractivity (Wildman–Crippen MR) is 133 cm³/mol. The van der Waals surface area contributed by atoms with Gasteiger partial charge in [0, 0.05) is 30.6 Å². The molecule has 1 saturated heterocycles. The van der Waals surface area contributed by atoms with E-state index in [-0.39, 0.29) is 0 Å². The van der Waals surface area contributed by atoms with Gasteiger partial charge in [-0.1, -0.05) is 60.3 Å². The van der Waals surface area contributed by atoms with Crippen molar-refractivity contribution in [3.05, 3.63) is 89.9 Å². The Morgan fingerprint density at radius 1 is 0.939 bits per heavy atom. The second kappa shape index (κ2) is 10.2. The summed E-state index contributed by atoms with van der Waals surface area (Å²) >= 11 is 1.61. The van der Waals surface area contributed by atoms with Gasteiger partial charge in [-0.3, -0.25) is 0 Å². The Hall–Kier alpha value is -3.12. The number of aromatic nitrogens is 3. The zero-order valence-corrected chi connectivity index (χ0v) is 19.7. The molecule has 0 amide bonds. The van der Waals surface area contributed by atoms with Gasteiger partial charge in [-0.15, -0.1) is 0 Å². The summed E-state index contributed by atoms with van der Waals surface area (Å²) in [5.41, 5.74) is 3.37. The summed E-state index contributed by atoms with van der Waals surface area (Å²) in [6, 6.07) is 22.8. The Morgan fingerprint density at radius 3 is 2.42 bits per heavy atom. The molecule has 5 rings (SSSR count). The topological polar surface area (TPSA) is 55.1 Å². The lowest BCUT2D eigenvalue weighted by atomic mass is 9.90. The van der Waals surface area contributed by atoms with Gasteiger partial charge in [-0.25, -0.2) is 15.0 Å². The number of hydrogen-bond donors (Lipinski definition) is 0. The molecule has 2 aromatic carbocycles. The average Bonchev–Trinajstić information content (AvgIpc) is 3.25. The zero-order valence-electron chi connectivity index (χ0n) is 18.9. The first-order valence-corrected chi connectivity index (χ1v) is 12.5. The molecule has 6 heteroatoms. The van der Waals surface area contributed by atoms with Crippen molar-refractivity contribution >= 4 is 17.6 Å². The predicted octanol–water partition coefficient (Wildman–Crippen LogP) is 6.19. The van der Waals surface area contributed by atoms with Gasteiger partial charge in [-0.05, 0) is 55.9 Å². The molecule has 0 bridgehead atoms. The molecule has 4 aromatic rings. The fourth-order valence-corrected chi connectivity index (χ4v) is 5.12. The van der Waals surface area contributed by atoms with Crippen LogP contribution in [0, 0.1) is 12.8 Å². The van der Waals surface area contributed by atoms with E-state index >= 15 is 0 Å². The maximum absolute atomic E-state index is 5.89. The monoisotopic (exact) mass is 456 g/mol. The zero-order chi connectivity index (χ0) is 22.5. The van der Waals surface area contributed by atoms with Gasteiger partial charge in [-0.2, -0.15) is 0 Å². The molecule has 0 unspecified atom stereocenters. The minimum Gasteiger partial charge on any atom is -0.441 e. The van der Waals surface area contributed by atoms with Crippen molar-refractivity contribution in [3.8, 4) is 11.5 Å². The highest BCUT2D eigenvalue weighted by Crippen LogP contribution is 2.28. The SMILES string of the molecule is Cc1oc(-c2ccccc2)nc1CSc1nccc(N2CCC(Cc3ccccc3)CC2)n1. The third-order valence-electron chi connectivity index (χ3n) is 6.18. The van der Waals surface area contributed by atoms with Gasteiger partial charge in [0.1, 0.15) is 11.6 Å². The minimum absolute atomic E-state index is 0.664. The first kappa shape index (κ1) is 21.7. The summed E-state index contributed by atoms with van der Waals surface area (Å²) in [6.07, 6.45) is 5.43. The Morgan fingerprint density at radius 2 is 1.67 bits per heavy atom. The number of nitrogens with zero attached hydrogens (tertiary/aromatic N) is 4. The van der Waals surface area contributed by atoms with E-state index in [9.17, 15) is 0 Å². The summed E-state index contributed by atoms with van der Waals surface area (Å²) in [4.78, 5) is 16.4. The molecule has 1 aliphatic rings. The molecule has 0 spiro atoms. The van der Waals surface area contributed by atoms with Gasteiger partial charge in [0.25, 0.3) is 0 Å². The number of rotatable bonds is 7. The minimum atomic E-state index is 0.664. The molecule has 0 atom stereocenters. The van der Waals surface area contributed by atoms with Gasteiger partial charge < -0.3 is 9.32 Å². The van der Waals surface area contributed by atoms with Crippen LogP contribution in [-0.4, -0.2) is 28.0 Å². The number of aryl methyl sites for hydroxylation is 1. The highest BCUT2D eigenvalue weighted by molar-refractivity contribution is 7.98. The van der Waals surface area contributed by atoms with Crippen LogP contribution in [0.4, 0.5) is 5.82 Å². The van der Waals surface area contributed by atoms with Gasteiger partial charge in [0.05, 0.1) is 5.69 Å². The Bertz CT molecular complexity index is 1170. The Labute approximate surface area is 199 Å². The fourth-order valence-electron chi connectivity index (χ4n) is 4.29. The summed E-state index contributed by atoms with van der Waals surface area (Å²) in [5, 5.41) is 0.780. The van der Waals surface area contributed by atoms with Crippen LogP contribution in [0.3, 0.4) is 0 Å². The fraction of sp³-hybridized carbons (Fsp3) is 0.296. The lowest BCUT2D eigenvalue weighted by Gasteiger charge is -2.33. The quantitative estimate of drug-likeness (QED) is 0.244. The number of thioether (sulfide) groups is 1. The molecule has 0 saturated carbocycles. The molecule has 5 nitrogen and oxygen atoms in total. The number of piperidine rings is 1. The molecule has 0 radical (unpaired) electrons. The maximum atomic E-state index is 5.89. The van der Waals surface area contributed by atoms with E-state index in [1.165, 1.54) is 24.8 Å². The molecular weight excluding hydrogens is 428 g/mol. The second-order valence-corrected chi connectivity index (χ2v) is 9.44. The highest BCUT2D eigenvalue weighted by atomic mass is 32.2. The molecule has 1 aliphatic heterocycles. The Balaban J connectivity index is 1.18. The standard InChI is InChI=1S/C27H28N4OS/c1-20-24(29-26(32-20)23-10-6-3-7-11-23)19-33-27-28-15-12-25(30-27)31-16-13-22(14-17-31)18-21-8-4-2-5-9-21/h2-12,15,22H,13-14,16-19H2,1H3. The smallest absolute Gasteiger partial charge is 0.226 e. The third-order valence-corrected chi connectivity index (χ3v) is 7.05. The number of hydrogen-bond acceptors (Lipinski definition) is 6. The largest absolute Gasteiger partial charge is 0.441 e. The highest BCUT2D eigenvalue weighted by Gasteiger charge is 2.21. The lowest BCUT2D eigenvalue weighted by Crippen LogP contribution is -2.34. The van der Waals surface area contributed by atoms with Crippen molar-refractivity contribution < 1.29 is 4.42 Å². The molecule has 168 valence electrons. The van der Waals surface area contributed by atoms with Gasteiger partial charge >= 0.3 is 0 Å². The van der Waals surface area contributed by atoms with Crippen LogP contribution >= 0.6 is 11.8 Å². The van der Waals surface area contributed by atoms with E-state index in [1.54, 1.807) is 11.8 Å². The normalized spacial score (nSPS) is 14.5. The number of benzene rings is 2. The van der Waals surface area contributed by atoms with Crippen molar-refractivity contribution in [2.75, 3.05) is 18.0 Å². The van der Waals surface area contributed by atoms with Crippen molar-refractivity contribution in [2.24, 2.45) is 5.92 Å². The summed E-state index contributed by atoms with van der Waals surface area (Å²) in [7, 11) is 0. The van der Waals surface area contributed by atoms with Crippen molar-refractivity contribution in [3.63, 3.8) is 0 Å². The van der Waals surface area contributed by atoms with E-state index < -0.39 is 0 Å². The lowest BCUT2D eigenvalue weighted by molar-refractivity contribution is 0.402. The van der Waals surface area contributed by atoms with Crippen molar-refractivity contribution in [1.29, 1.82) is 0 Å². The summed E-state index contributed by atoms with van der Waals surface area (Å²) < 4.78 is 5.89. The number of oxazole rings is 1. The first-order valence-electron chi connectivity index (χ1n) is 11.5. The first-order chi connectivity index (χ1) is 16.2. The summed E-state index contributed by atoms with van der Waals surface area (Å²) in [5.74, 6) is 3.96. The molecule has 2 aromatic heterocycles. The third kappa shape index (κ3) is 5.45. The molecule has 33 heavy (non-hydrogen) atoms. The van der Waals surface area contributed by atoms with Crippen LogP contribution in [0.25, 0.3) is 11.5 Å². The van der Waals surface area contributed by atoms with Crippen molar-refractivity contribution in [1.82, 2.24) is 15.0 Å². The van der Waals surface area contributed by atoms with Gasteiger partial charge in [0.2, 0.25) is 5.89 Å². The average molecular weight is 457 g/mol. The van der Waals surface area contributed by atoms with E-state index in [1.807, 2.05) is 49.5 Å². The molecule has 3 heterocycles. The van der Waals surface area contributed by atoms with Crippen LogP contribution in [0.5, 0.6) is 0 Å². The number of anilines is 1. The van der Waals surface area contributed by atoms with Crippen LogP contribution < -0.4 is 4.90 Å². The molecular formula is C27H28N4OS. The van der Waals surface area contributed by atoms with E-state index in [0.29, 0.717) is 11.6 Å². The van der Waals surface area contributed by atoms with Crippen molar-refractivity contribution in [2.45, 2.75) is 37.1 Å². The molecule has 1 fully saturated rings. The molecule has 0 aliphatic carbocycles. The van der Waals surface area contributed by atoms with Gasteiger partial charge in [0.15, 0.2) is 5.16 Å². The molecule has 0 N–H and O–H groups in total. The van der Waals surface area contributed by atoms with Crippen LogP contribution in [0.1, 0.15) is 29.9 Å². The van der Waals surface area contributed by atoms with E-state index in [0.717, 1.165) is 47.0 Å². The van der Waals surface area contributed by atoms with Crippen LogP contribution in [0.2, 0.25) is 0 Å². The van der Waals surface area contributed by atoms with Crippen LogP contribution in [0.15, 0.2) is 82.5 Å². The maximum Gasteiger partial charge on any atom is 0.226 e. The second-order valence-electron chi connectivity index (χ2n) is 8.49.